The minimum atomic E-state index is -0.466. The van der Waals surface area contributed by atoms with E-state index in [2.05, 4.69) is 9.97 Å². The SMILES string of the molecule is COC(OC)c1ccnc(Cc2ccc(Cl)cc2)n1. The van der Waals surface area contributed by atoms with Gasteiger partial charge in [0.05, 0.1) is 5.69 Å². The van der Waals surface area contributed by atoms with Gasteiger partial charge in [0.2, 0.25) is 6.29 Å². The zero-order chi connectivity index (χ0) is 13.7. The van der Waals surface area contributed by atoms with Gasteiger partial charge in [-0.15, -0.1) is 0 Å². The standard InChI is InChI=1S/C14H15ClN2O2/c1-18-14(19-2)12-7-8-16-13(17-12)9-10-3-5-11(15)6-4-10/h3-8,14H,9H2,1-2H3. The van der Waals surface area contributed by atoms with Crippen molar-refractivity contribution in [2.45, 2.75) is 12.7 Å². The molecule has 0 saturated heterocycles. The Morgan fingerprint density at radius 3 is 2.42 bits per heavy atom. The van der Waals surface area contributed by atoms with Crippen LogP contribution in [0.15, 0.2) is 36.5 Å². The van der Waals surface area contributed by atoms with E-state index in [0.717, 1.165) is 16.4 Å². The number of hydrogen-bond acceptors (Lipinski definition) is 4. The van der Waals surface area contributed by atoms with Crippen molar-refractivity contribution in [3.63, 3.8) is 0 Å². The Labute approximate surface area is 117 Å². The summed E-state index contributed by atoms with van der Waals surface area (Å²) >= 11 is 5.85. The number of hydrogen-bond donors (Lipinski definition) is 0. The average Bonchev–Trinajstić information content (AvgIpc) is 2.43. The molecule has 0 bridgehead atoms. The number of benzene rings is 1. The van der Waals surface area contributed by atoms with Gasteiger partial charge >= 0.3 is 0 Å². The van der Waals surface area contributed by atoms with Crippen molar-refractivity contribution < 1.29 is 9.47 Å². The van der Waals surface area contributed by atoms with Crippen LogP contribution in [0.1, 0.15) is 23.4 Å². The number of nitrogens with zero attached hydrogens (tertiary/aromatic N) is 2. The molecule has 0 amide bonds. The van der Waals surface area contributed by atoms with Crippen LogP contribution in [0.25, 0.3) is 0 Å². The molecule has 0 N–H and O–H groups in total. The Bertz CT molecular complexity index is 527. The lowest BCUT2D eigenvalue weighted by Gasteiger charge is -2.13. The Kier molecular flexibility index (Phi) is 4.85. The second kappa shape index (κ2) is 6.61. The smallest absolute Gasteiger partial charge is 0.200 e. The van der Waals surface area contributed by atoms with Gasteiger partial charge in [-0.05, 0) is 23.8 Å². The fraction of sp³-hybridized carbons (Fsp3) is 0.286. The highest BCUT2D eigenvalue weighted by Gasteiger charge is 2.11. The summed E-state index contributed by atoms with van der Waals surface area (Å²) in [5, 5.41) is 0.720. The van der Waals surface area contributed by atoms with Crippen molar-refractivity contribution >= 4 is 11.6 Å². The molecule has 2 aromatic rings. The van der Waals surface area contributed by atoms with Gasteiger partial charge in [-0.25, -0.2) is 9.97 Å². The number of halogens is 1. The quantitative estimate of drug-likeness (QED) is 0.789. The van der Waals surface area contributed by atoms with Gasteiger partial charge in [0.25, 0.3) is 0 Å². The van der Waals surface area contributed by atoms with Gasteiger partial charge in [-0.1, -0.05) is 23.7 Å². The second-order valence-corrected chi connectivity index (χ2v) is 4.44. The second-order valence-electron chi connectivity index (χ2n) is 4.00. The predicted molar refractivity (Wildman–Crippen MR) is 73.0 cm³/mol. The molecule has 0 saturated carbocycles. The summed E-state index contributed by atoms with van der Waals surface area (Å²) in [7, 11) is 3.16. The maximum atomic E-state index is 5.85. The molecule has 1 aromatic heterocycles. The Hall–Kier alpha value is -1.49. The lowest BCUT2D eigenvalue weighted by atomic mass is 10.1. The van der Waals surface area contributed by atoms with Gasteiger partial charge in [0.15, 0.2) is 0 Å². The molecule has 1 heterocycles. The molecule has 0 unspecified atom stereocenters. The molecule has 0 spiro atoms. The largest absolute Gasteiger partial charge is 0.350 e. The third-order valence-corrected chi connectivity index (χ3v) is 2.92. The van der Waals surface area contributed by atoms with Gasteiger partial charge in [0, 0.05) is 31.9 Å². The number of rotatable bonds is 5. The van der Waals surface area contributed by atoms with Crippen molar-refractivity contribution in [1.82, 2.24) is 9.97 Å². The van der Waals surface area contributed by atoms with Crippen molar-refractivity contribution in [2.24, 2.45) is 0 Å². The molecule has 0 atom stereocenters. The molecule has 4 nitrogen and oxygen atoms in total. The van der Waals surface area contributed by atoms with Gasteiger partial charge in [-0.2, -0.15) is 0 Å². The zero-order valence-electron chi connectivity index (χ0n) is 10.8. The summed E-state index contributed by atoms with van der Waals surface area (Å²) in [5.41, 5.74) is 1.82. The zero-order valence-corrected chi connectivity index (χ0v) is 11.6. The van der Waals surface area contributed by atoms with Gasteiger partial charge in [-0.3, -0.25) is 0 Å². The molecular weight excluding hydrogens is 264 g/mol. The van der Waals surface area contributed by atoms with E-state index in [9.17, 15) is 0 Å². The van der Waals surface area contributed by atoms with E-state index >= 15 is 0 Å². The Morgan fingerprint density at radius 1 is 1.11 bits per heavy atom. The van der Waals surface area contributed by atoms with E-state index < -0.39 is 6.29 Å². The molecule has 0 aliphatic rings. The molecule has 5 heteroatoms. The van der Waals surface area contributed by atoms with E-state index in [4.69, 9.17) is 21.1 Å². The van der Waals surface area contributed by atoms with Crippen LogP contribution in [0.3, 0.4) is 0 Å². The van der Waals surface area contributed by atoms with Crippen LogP contribution < -0.4 is 0 Å². The van der Waals surface area contributed by atoms with Crippen molar-refractivity contribution in [3.8, 4) is 0 Å². The minimum absolute atomic E-state index is 0.466. The minimum Gasteiger partial charge on any atom is -0.350 e. The number of aromatic nitrogens is 2. The molecule has 0 aliphatic carbocycles. The summed E-state index contributed by atoms with van der Waals surface area (Å²) in [5.74, 6) is 0.721. The van der Waals surface area contributed by atoms with Crippen LogP contribution in [-0.4, -0.2) is 24.2 Å². The highest BCUT2D eigenvalue weighted by Crippen LogP contribution is 2.16. The van der Waals surface area contributed by atoms with Crippen LogP contribution in [-0.2, 0) is 15.9 Å². The molecule has 0 fully saturated rings. The molecule has 100 valence electrons. The normalized spacial score (nSPS) is 10.9. The van der Waals surface area contributed by atoms with Crippen LogP contribution >= 0.6 is 11.6 Å². The van der Waals surface area contributed by atoms with E-state index in [1.807, 2.05) is 24.3 Å². The first kappa shape index (κ1) is 13.9. The third kappa shape index (κ3) is 3.73. The topological polar surface area (TPSA) is 44.2 Å². The average molecular weight is 279 g/mol. The van der Waals surface area contributed by atoms with Crippen LogP contribution in [0.4, 0.5) is 0 Å². The first-order chi connectivity index (χ1) is 9.22. The van der Waals surface area contributed by atoms with E-state index in [0.29, 0.717) is 12.1 Å². The van der Waals surface area contributed by atoms with E-state index in [1.165, 1.54) is 0 Å². The third-order valence-electron chi connectivity index (χ3n) is 2.67. The van der Waals surface area contributed by atoms with E-state index in [-0.39, 0.29) is 0 Å². The van der Waals surface area contributed by atoms with Crippen LogP contribution in [0.5, 0.6) is 0 Å². The fourth-order valence-corrected chi connectivity index (χ4v) is 1.88. The Morgan fingerprint density at radius 2 is 1.79 bits per heavy atom. The molecule has 0 radical (unpaired) electrons. The highest BCUT2D eigenvalue weighted by atomic mass is 35.5. The lowest BCUT2D eigenvalue weighted by molar-refractivity contribution is -0.108. The predicted octanol–water partition coefficient (Wildman–Crippen LogP) is 3.01. The summed E-state index contributed by atoms with van der Waals surface area (Å²) in [4.78, 5) is 8.69. The fourth-order valence-electron chi connectivity index (χ4n) is 1.75. The maximum absolute atomic E-state index is 5.85. The molecule has 1 aromatic carbocycles. The molecule has 2 rings (SSSR count). The van der Waals surface area contributed by atoms with Crippen molar-refractivity contribution in [2.75, 3.05) is 14.2 Å². The Balaban J connectivity index is 2.17. The molecule has 19 heavy (non-hydrogen) atoms. The first-order valence-corrected chi connectivity index (χ1v) is 6.22. The van der Waals surface area contributed by atoms with Gasteiger partial charge in [0.1, 0.15) is 5.82 Å². The highest BCUT2D eigenvalue weighted by molar-refractivity contribution is 6.30. The van der Waals surface area contributed by atoms with Crippen LogP contribution in [0, 0.1) is 0 Å². The van der Waals surface area contributed by atoms with Crippen LogP contribution in [0.2, 0.25) is 5.02 Å². The summed E-state index contributed by atoms with van der Waals surface area (Å²) in [6.07, 6.45) is 1.89. The monoisotopic (exact) mass is 278 g/mol. The van der Waals surface area contributed by atoms with Crippen molar-refractivity contribution in [1.29, 1.82) is 0 Å². The lowest BCUT2D eigenvalue weighted by Crippen LogP contribution is -2.08. The first-order valence-electron chi connectivity index (χ1n) is 5.85. The van der Waals surface area contributed by atoms with Gasteiger partial charge < -0.3 is 9.47 Å². The summed E-state index contributed by atoms with van der Waals surface area (Å²) in [6, 6.07) is 9.41. The molecule has 0 aliphatic heterocycles. The van der Waals surface area contributed by atoms with E-state index in [1.54, 1.807) is 26.5 Å². The number of methoxy groups -OCH3 is 2. The van der Waals surface area contributed by atoms with Crippen molar-refractivity contribution in [3.05, 3.63) is 58.6 Å². The number of ether oxygens (including phenoxy) is 2. The summed E-state index contributed by atoms with van der Waals surface area (Å²) < 4.78 is 10.4. The maximum Gasteiger partial charge on any atom is 0.200 e. The summed E-state index contributed by atoms with van der Waals surface area (Å²) in [6.45, 7) is 0. The molecular formula is C14H15ClN2O2.